The van der Waals surface area contributed by atoms with Crippen molar-refractivity contribution in [1.82, 2.24) is 15.5 Å². The Hall–Kier alpha value is -2.60. The van der Waals surface area contributed by atoms with Crippen molar-refractivity contribution in [3.63, 3.8) is 0 Å². The molecule has 0 unspecified atom stereocenters. The number of amides is 2. The standard InChI is InChI=1S/C21H27N3O3/c1-4-6-10-24-13-16(12-17(24)20(25)22-5-2)23-21(26)18-11-15-9-7-8-14(3)19(15)27-18/h4,6-9,11,16-17H,5,10,12-13H2,1-3H3,(H,22,25)(H,23,26)/b6-4+/t16-,17-/m0/s1. The van der Waals surface area contributed by atoms with Crippen molar-refractivity contribution < 1.29 is 14.0 Å². The number of nitrogens with zero attached hydrogens (tertiary/aromatic N) is 1. The number of benzene rings is 1. The summed E-state index contributed by atoms with van der Waals surface area (Å²) in [6.45, 7) is 7.75. The molecule has 1 aromatic carbocycles. The van der Waals surface area contributed by atoms with Crippen LogP contribution in [0.5, 0.6) is 0 Å². The van der Waals surface area contributed by atoms with Crippen LogP contribution in [0.4, 0.5) is 0 Å². The van der Waals surface area contributed by atoms with E-state index in [0.29, 0.717) is 31.8 Å². The first kappa shape index (κ1) is 19.2. The zero-order valence-electron chi connectivity index (χ0n) is 16.1. The summed E-state index contributed by atoms with van der Waals surface area (Å²) in [5.41, 5.74) is 1.74. The van der Waals surface area contributed by atoms with Crippen molar-refractivity contribution in [3.8, 4) is 0 Å². The molecule has 1 aliphatic heterocycles. The lowest BCUT2D eigenvalue weighted by molar-refractivity contribution is -0.125. The number of aryl methyl sites for hydroxylation is 1. The Kier molecular flexibility index (Phi) is 5.96. The summed E-state index contributed by atoms with van der Waals surface area (Å²) in [6.07, 6.45) is 4.59. The molecule has 0 spiro atoms. The minimum atomic E-state index is -0.238. The monoisotopic (exact) mass is 369 g/mol. The lowest BCUT2D eigenvalue weighted by atomic mass is 10.1. The first-order valence-corrected chi connectivity index (χ1v) is 9.46. The summed E-state index contributed by atoms with van der Waals surface area (Å²) >= 11 is 0. The average molecular weight is 369 g/mol. The highest BCUT2D eigenvalue weighted by molar-refractivity contribution is 5.97. The van der Waals surface area contributed by atoms with Gasteiger partial charge in [0.05, 0.1) is 6.04 Å². The van der Waals surface area contributed by atoms with Crippen LogP contribution in [0.1, 0.15) is 36.4 Å². The van der Waals surface area contributed by atoms with E-state index in [4.69, 9.17) is 4.42 Å². The molecule has 2 heterocycles. The first-order valence-electron chi connectivity index (χ1n) is 9.46. The van der Waals surface area contributed by atoms with Gasteiger partial charge in [0.2, 0.25) is 5.91 Å². The molecule has 144 valence electrons. The summed E-state index contributed by atoms with van der Waals surface area (Å²) in [7, 11) is 0. The van der Waals surface area contributed by atoms with Crippen LogP contribution in [-0.2, 0) is 4.79 Å². The van der Waals surface area contributed by atoms with E-state index in [1.54, 1.807) is 6.07 Å². The molecule has 2 amide bonds. The van der Waals surface area contributed by atoms with E-state index >= 15 is 0 Å². The van der Waals surface area contributed by atoms with Gasteiger partial charge in [-0.2, -0.15) is 0 Å². The molecule has 1 fully saturated rings. The number of furan rings is 1. The highest BCUT2D eigenvalue weighted by atomic mass is 16.3. The van der Waals surface area contributed by atoms with Gasteiger partial charge >= 0.3 is 0 Å². The number of para-hydroxylation sites is 1. The second-order valence-electron chi connectivity index (χ2n) is 6.94. The van der Waals surface area contributed by atoms with Crippen LogP contribution in [0.15, 0.2) is 40.8 Å². The Labute approximate surface area is 159 Å². The minimum absolute atomic E-state index is 0.0121. The predicted molar refractivity (Wildman–Crippen MR) is 106 cm³/mol. The third-order valence-corrected chi connectivity index (χ3v) is 4.93. The number of rotatable bonds is 6. The largest absolute Gasteiger partial charge is 0.451 e. The molecule has 0 bridgehead atoms. The number of nitrogens with one attached hydrogen (secondary N) is 2. The van der Waals surface area contributed by atoms with Crippen molar-refractivity contribution in [3.05, 3.63) is 47.7 Å². The fraction of sp³-hybridized carbons (Fsp3) is 0.429. The number of likely N-dealkylation sites (N-methyl/N-ethyl adjacent to an activating group) is 1. The third kappa shape index (κ3) is 4.22. The number of hydrogen-bond donors (Lipinski definition) is 2. The van der Waals surface area contributed by atoms with Gasteiger partial charge in [-0.3, -0.25) is 14.5 Å². The number of carbonyl (C=O) groups excluding carboxylic acids is 2. The molecule has 0 radical (unpaired) electrons. The molecule has 2 atom stereocenters. The molecule has 1 saturated heterocycles. The van der Waals surface area contributed by atoms with Crippen molar-refractivity contribution in [2.24, 2.45) is 0 Å². The number of fused-ring (bicyclic) bond motifs is 1. The van der Waals surface area contributed by atoms with Crippen LogP contribution in [-0.4, -0.2) is 48.4 Å². The van der Waals surface area contributed by atoms with E-state index in [0.717, 1.165) is 16.5 Å². The molecule has 6 heteroatoms. The van der Waals surface area contributed by atoms with Gasteiger partial charge in [-0.05, 0) is 38.8 Å². The Balaban J connectivity index is 1.71. The normalized spacial score (nSPS) is 20.4. The van der Waals surface area contributed by atoms with Gasteiger partial charge in [-0.1, -0.05) is 30.4 Å². The Morgan fingerprint density at radius 3 is 2.89 bits per heavy atom. The SMILES string of the molecule is C/C=C/CN1C[C@@H](NC(=O)c2cc3cccc(C)c3o2)C[C@H]1C(=O)NCC. The van der Waals surface area contributed by atoms with Crippen molar-refractivity contribution in [1.29, 1.82) is 0 Å². The lowest BCUT2D eigenvalue weighted by Gasteiger charge is -2.21. The van der Waals surface area contributed by atoms with Gasteiger partial charge < -0.3 is 15.1 Å². The van der Waals surface area contributed by atoms with Gasteiger partial charge in [-0.15, -0.1) is 0 Å². The van der Waals surface area contributed by atoms with E-state index in [9.17, 15) is 9.59 Å². The number of hydrogen-bond acceptors (Lipinski definition) is 4. The summed E-state index contributed by atoms with van der Waals surface area (Å²) in [5.74, 6) is 0.0806. The Morgan fingerprint density at radius 2 is 2.19 bits per heavy atom. The maximum absolute atomic E-state index is 12.7. The first-order chi connectivity index (χ1) is 13.0. The van der Waals surface area contributed by atoms with Crippen molar-refractivity contribution >= 4 is 22.8 Å². The van der Waals surface area contributed by atoms with Crippen molar-refractivity contribution in [2.45, 2.75) is 39.3 Å². The highest BCUT2D eigenvalue weighted by Gasteiger charge is 2.37. The third-order valence-electron chi connectivity index (χ3n) is 4.93. The summed E-state index contributed by atoms with van der Waals surface area (Å²) in [4.78, 5) is 27.1. The smallest absolute Gasteiger partial charge is 0.287 e. The zero-order chi connectivity index (χ0) is 19.4. The lowest BCUT2D eigenvalue weighted by Crippen LogP contribution is -2.43. The average Bonchev–Trinajstić information content (AvgIpc) is 3.25. The maximum atomic E-state index is 12.7. The van der Waals surface area contributed by atoms with Crippen LogP contribution in [0.25, 0.3) is 11.0 Å². The minimum Gasteiger partial charge on any atom is -0.451 e. The van der Waals surface area contributed by atoms with Gasteiger partial charge in [0.15, 0.2) is 5.76 Å². The molecule has 2 N–H and O–H groups in total. The molecule has 0 aliphatic carbocycles. The molecule has 27 heavy (non-hydrogen) atoms. The van der Waals surface area contributed by atoms with Gasteiger partial charge in [0, 0.05) is 31.1 Å². The number of likely N-dealkylation sites (tertiary alicyclic amines) is 1. The highest BCUT2D eigenvalue weighted by Crippen LogP contribution is 2.23. The molecule has 0 saturated carbocycles. The van der Waals surface area contributed by atoms with Crippen LogP contribution in [0.3, 0.4) is 0 Å². The predicted octanol–water partition coefficient (Wildman–Crippen LogP) is 2.63. The molecule has 3 rings (SSSR count). The van der Waals surface area contributed by atoms with E-state index in [-0.39, 0.29) is 23.9 Å². The second-order valence-corrected chi connectivity index (χ2v) is 6.94. The number of carbonyl (C=O) groups is 2. The zero-order valence-corrected chi connectivity index (χ0v) is 16.1. The maximum Gasteiger partial charge on any atom is 0.287 e. The Morgan fingerprint density at radius 1 is 1.37 bits per heavy atom. The number of allylic oxidation sites excluding steroid dienone is 1. The fourth-order valence-corrected chi connectivity index (χ4v) is 3.59. The molecular formula is C21H27N3O3. The summed E-state index contributed by atoms with van der Waals surface area (Å²) in [5, 5.41) is 6.84. The quantitative estimate of drug-likeness (QED) is 0.768. The van der Waals surface area contributed by atoms with Crippen LogP contribution < -0.4 is 10.6 Å². The van der Waals surface area contributed by atoms with Crippen LogP contribution in [0, 0.1) is 6.92 Å². The van der Waals surface area contributed by atoms with E-state index < -0.39 is 0 Å². The molecule has 6 nitrogen and oxygen atoms in total. The molecule has 1 aliphatic rings. The van der Waals surface area contributed by atoms with Crippen molar-refractivity contribution in [2.75, 3.05) is 19.6 Å². The topological polar surface area (TPSA) is 74.6 Å². The van der Waals surface area contributed by atoms with E-state index in [2.05, 4.69) is 15.5 Å². The molecule has 1 aromatic heterocycles. The summed E-state index contributed by atoms with van der Waals surface area (Å²) < 4.78 is 5.76. The van der Waals surface area contributed by atoms with E-state index in [1.807, 2.05) is 51.1 Å². The molecular weight excluding hydrogens is 342 g/mol. The van der Waals surface area contributed by atoms with Gasteiger partial charge in [-0.25, -0.2) is 0 Å². The van der Waals surface area contributed by atoms with E-state index in [1.165, 1.54) is 0 Å². The van der Waals surface area contributed by atoms with Gasteiger partial charge in [0.1, 0.15) is 5.58 Å². The fourth-order valence-electron chi connectivity index (χ4n) is 3.59. The van der Waals surface area contributed by atoms with Gasteiger partial charge in [0.25, 0.3) is 5.91 Å². The Bertz CT molecular complexity index is 855. The molecule has 2 aromatic rings. The van der Waals surface area contributed by atoms with Crippen LogP contribution >= 0.6 is 0 Å². The van der Waals surface area contributed by atoms with Crippen LogP contribution in [0.2, 0.25) is 0 Å². The summed E-state index contributed by atoms with van der Waals surface area (Å²) in [6, 6.07) is 7.28. The second kappa shape index (κ2) is 8.39.